The number of hydrogen-bond acceptors (Lipinski definition) is 4. The Bertz CT molecular complexity index is 179. The molecule has 0 saturated carbocycles. The molecule has 0 aromatic rings. The smallest absolute Gasteiger partial charge is 0.234 e. The zero-order chi connectivity index (χ0) is 12.2. The van der Waals surface area contributed by atoms with E-state index in [4.69, 9.17) is 10.5 Å². The first kappa shape index (κ1) is 15.7. The summed E-state index contributed by atoms with van der Waals surface area (Å²) in [5.74, 6) is 1.80. The number of carbonyl (C=O) groups is 1. The minimum absolute atomic E-state index is 0.171. The third kappa shape index (κ3) is 9.00. The normalized spacial score (nSPS) is 12.6. The fourth-order valence-electron chi connectivity index (χ4n) is 1.27. The molecule has 0 aliphatic rings. The predicted molar refractivity (Wildman–Crippen MR) is 69.7 cm³/mol. The van der Waals surface area contributed by atoms with Crippen molar-refractivity contribution < 1.29 is 9.53 Å². The molecule has 0 aliphatic carbocycles. The maximum Gasteiger partial charge on any atom is 0.234 e. The SMILES string of the molecule is CCCNC(CCSCCCOC)C(N)=O. The summed E-state index contributed by atoms with van der Waals surface area (Å²) in [5, 5.41) is 3.16. The van der Waals surface area contributed by atoms with Gasteiger partial charge in [-0.25, -0.2) is 0 Å². The molecule has 96 valence electrons. The summed E-state index contributed by atoms with van der Waals surface area (Å²) >= 11 is 1.84. The number of rotatable bonds is 11. The molecule has 0 aliphatic heterocycles. The van der Waals surface area contributed by atoms with Crippen molar-refractivity contribution in [1.82, 2.24) is 5.32 Å². The maximum absolute atomic E-state index is 11.1. The zero-order valence-electron chi connectivity index (χ0n) is 10.3. The largest absolute Gasteiger partial charge is 0.385 e. The number of amides is 1. The van der Waals surface area contributed by atoms with E-state index >= 15 is 0 Å². The van der Waals surface area contributed by atoms with Gasteiger partial charge in [0.2, 0.25) is 5.91 Å². The molecule has 0 saturated heterocycles. The van der Waals surface area contributed by atoms with Crippen LogP contribution in [0.2, 0.25) is 0 Å². The zero-order valence-corrected chi connectivity index (χ0v) is 11.1. The van der Waals surface area contributed by atoms with Crippen LogP contribution in [0.5, 0.6) is 0 Å². The molecule has 1 atom stereocenters. The summed E-state index contributed by atoms with van der Waals surface area (Å²) in [6.45, 7) is 3.73. The van der Waals surface area contributed by atoms with E-state index in [-0.39, 0.29) is 11.9 Å². The van der Waals surface area contributed by atoms with Crippen LogP contribution in [0.15, 0.2) is 0 Å². The molecule has 4 nitrogen and oxygen atoms in total. The van der Waals surface area contributed by atoms with E-state index in [1.807, 2.05) is 11.8 Å². The lowest BCUT2D eigenvalue weighted by Gasteiger charge is -2.14. The van der Waals surface area contributed by atoms with Crippen molar-refractivity contribution in [2.24, 2.45) is 5.73 Å². The van der Waals surface area contributed by atoms with Crippen molar-refractivity contribution in [2.75, 3.05) is 31.8 Å². The second-order valence-corrected chi connectivity index (χ2v) is 4.88. The van der Waals surface area contributed by atoms with E-state index in [2.05, 4.69) is 12.2 Å². The van der Waals surface area contributed by atoms with Gasteiger partial charge >= 0.3 is 0 Å². The van der Waals surface area contributed by atoms with Crippen molar-refractivity contribution >= 4 is 17.7 Å². The molecular weight excluding hydrogens is 224 g/mol. The molecule has 0 rings (SSSR count). The van der Waals surface area contributed by atoms with Crippen LogP contribution >= 0.6 is 11.8 Å². The summed E-state index contributed by atoms with van der Waals surface area (Å²) in [4.78, 5) is 11.1. The van der Waals surface area contributed by atoms with Gasteiger partial charge in [0.25, 0.3) is 0 Å². The first-order chi connectivity index (χ1) is 7.72. The second kappa shape index (κ2) is 11.2. The summed E-state index contributed by atoms with van der Waals surface area (Å²) in [6, 6.07) is -0.171. The van der Waals surface area contributed by atoms with Crippen molar-refractivity contribution in [2.45, 2.75) is 32.2 Å². The van der Waals surface area contributed by atoms with Gasteiger partial charge in [0.15, 0.2) is 0 Å². The third-order valence-corrected chi connectivity index (χ3v) is 3.27. The molecule has 0 aromatic carbocycles. The van der Waals surface area contributed by atoms with E-state index in [1.165, 1.54) is 0 Å². The van der Waals surface area contributed by atoms with Crippen molar-refractivity contribution in [3.8, 4) is 0 Å². The monoisotopic (exact) mass is 248 g/mol. The number of methoxy groups -OCH3 is 1. The highest BCUT2D eigenvalue weighted by Crippen LogP contribution is 2.06. The topological polar surface area (TPSA) is 64.3 Å². The van der Waals surface area contributed by atoms with E-state index < -0.39 is 0 Å². The van der Waals surface area contributed by atoms with E-state index in [1.54, 1.807) is 7.11 Å². The molecule has 5 heteroatoms. The number of ether oxygens (including phenoxy) is 1. The van der Waals surface area contributed by atoms with Crippen LogP contribution in [0.1, 0.15) is 26.2 Å². The summed E-state index contributed by atoms with van der Waals surface area (Å²) in [6.07, 6.45) is 2.89. The number of nitrogens with two attached hydrogens (primary N) is 1. The van der Waals surface area contributed by atoms with Crippen LogP contribution in [0, 0.1) is 0 Å². The number of thioether (sulfide) groups is 1. The van der Waals surface area contributed by atoms with E-state index in [0.29, 0.717) is 0 Å². The van der Waals surface area contributed by atoms with Crippen LogP contribution in [-0.2, 0) is 9.53 Å². The summed E-state index contributed by atoms with van der Waals surface area (Å²) in [5.41, 5.74) is 5.31. The average molecular weight is 248 g/mol. The highest BCUT2D eigenvalue weighted by Gasteiger charge is 2.12. The number of hydrogen-bond donors (Lipinski definition) is 2. The maximum atomic E-state index is 11.1. The number of nitrogens with one attached hydrogen (secondary N) is 1. The lowest BCUT2D eigenvalue weighted by atomic mass is 10.2. The minimum atomic E-state index is -0.244. The van der Waals surface area contributed by atoms with Crippen molar-refractivity contribution in [1.29, 1.82) is 0 Å². The Labute approximate surface area is 103 Å². The lowest BCUT2D eigenvalue weighted by Crippen LogP contribution is -2.42. The molecule has 3 N–H and O–H groups in total. The van der Waals surface area contributed by atoms with Gasteiger partial charge in [-0.1, -0.05) is 6.92 Å². The first-order valence-electron chi connectivity index (χ1n) is 5.81. The highest BCUT2D eigenvalue weighted by atomic mass is 32.2. The Balaban J connectivity index is 3.48. The van der Waals surface area contributed by atoms with Gasteiger partial charge in [-0.3, -0.25) is 4.79 Å². The van der Waals surface area contributed by atoms with E-state index in [9.17, 15) is 4.79 Å². The van der Waals surface area contributed by atoms with Gasteiger partial charge in [-0.2, -0.15) is 11.8 Å². The molecule has 1 amide bonds. The molecule has 0 spiro atoms. The Morgan fingerprint density at radius 3 is 2.81 bits per heavy atom. The summed E-state index contributed by atoms with van der Waals surface area (Å²) < 4.78 is 4.96. The molecule has 16 heavy (non-hydrogen) atoms. The fourth-order valence-corrected chi connectivity index (χ4v) is 2.20. The van der Waals surface area contributed by atoms with Gasteiger partial charge < -0.3 is 15.8 Å². The predicted octanol–water partition coefficient (Wildman–Crippen LogP) is 1.000. The number of carbonyl (C=O) groups excluding carboxylic acids is 1. The third-order valence-electron chi connectivity index (χ3n) is 2.17. The van der Waals surface area contributed by atoms with Crippen molar-refractivity contribution in [3.05, 3.63) is 0 Å². The van der Waals surface area contributed by atoms with Crippen LogP contribution in [0.4, 0.5) is 0 Å². The quantitative estimate of drug-likeness (QED) is 0.535. The van der Waals surface area contributed by atoms with Crippen LogP contribution in [0.3, 0.4) is 0 Å². The van der Waals surface area contributed by atoms with Gasteiger partial charge in [0.1, 0.15) is 0 Å². The van der Waals surface area contributed by atoms with Crippen LogP contribution < -0.4 is 11.1 Å². The second-order valence-electron chi connectivity index (χ2n) is 3.66. The Kier molecular flexibility index (Phi) is 11.0. The van der Waals surface area contributed by atoms with Crippen LogP contribution in [0.25, 0.3) is 0 Å². The average Bonchev–Trinajstić information content (AvgIpc) is 2.26. The van der Waals surface area contributed by atoms with Gasteiger partial charge in [0.05, 0.1) is 6.04 Å². The van der Waals surface area contributed by atoms with Gasteiger partial charge in [0, 0.05) is 13.7 Å². The molecule has 0 heterocycles. The van der Waals surface area contributed by atoms with Crippen LogP contribution in [-0.4, -0.2) is 43.7 Å². The highest BCUT2D eigenvalue weighted by molar-refractivity contribution is 7.99. The Morgan fingerprint density at radius 1 is 1.50 bits per heavy atom. The van der Waals surface area contributed by atoms with Crippen molar-refractivity contribution in [3.63, 3.8) is 0 Å². The Morgan fingerprint density at radius 2 is 2.25 bits per heavy atom. The summed E-state index contributed by atoms with van der Waals surface area (Å²) in [7, 11) is 1.71. The van der Waals surface area contributed by atoms with Gasteiger partial charge in [-0.15, -0.1) is 0 Å². The van der Waals surface area contributed by atoms with E-state index in [0.717, 1.165) is 43.9 Å². The van der Waals surface area contributed by atoms with Gasteiger partial charge in [-0.05, 0) is 37.3 Å². The minimum Gasteiger partial charge on any atom is -0.385 e. The number of primary amides is 1. The Hall–Kier alpha value is -0.260. The molecule has 1 unspecified atom stereocenters. The standard InChI is InChI=1S/C11H24N2O2S/c1-3-6-13-10(11(12)14)5-9-16-8-4-7-15-2/h10,13H,3-9H2,1-2H3,(H2,12,14). The molecule has 0 radical (unpaired) electrons. The fraction of sp³-hybridized carbons (Fsp3) is 0.909. The molecule has 0 fully saturated rings. The molecule has 0 bridgehead atoms. The first-order valence-corrected chi connectivity index (χ1v) is 6.97. The molecule has 0 aromatic heterocycles. The lowest BCUT2D eigenvalue weighted by molar-refractivity contribution is -0.120. The molecular formula is C11H24N2O2S.